The van der Waals surface area contributed by atoms with Crippen molar-refractivity contribution in [3.05, 3.63) is 41.0 Å². The Balaban J connectivity index is 1.59. The number of amides is 1. The fraction of sp³-hybridized carbons (Fsp3) is 0.444. The number of halogens is 1. The minimum atomic E-state index is -3.41. The zero-order valence-corrected chi connectivity index (χ0v) is 15.9. The lowest BCUT2D eigenvalue weighted by Gasteiger charge is -2.22. The summed E-state index contributed by atoms with van der Waals surface area (Å²) in [5, 5.41) is 3.83. The number of pyridine rings is 1. The highest BCUT2D eigenvalue weighted by molar-refractivity contribution is 7.89. The normalized spacial score (nSPS) is 15.9. The third kappa shape index (κ3) is 4.93. The van der Waals surface area contributed by atoms with Gasteiger partial charge >= 0.3 is 0 Å². The minimum Gasteiger partial charge on any atom is -0.351 e. The fourth-order valence-electron chi connectivity index (χ4n) is 3.24. The van der Waals surface area contributed by atoms with Crippen molar-refractivity contribution in [1.82, 2.24) is 15.0 Å². The summed E-state index contributed by atoms with van der Waals surface area (Å²) in [7, 11) is -3.41. The lowest BCUT2D eigenvalue weighted by molar-refractivity contribution is 0.0957. The van der Waals surface area contributed by atoms with Crippen LogP contribution in [0.25, 0.3) is 10.9 Å². The Morgan fingerprint density at radius 2 is 1.96 bits per heavy atom. The molecule has 3 rings (SSSR count). The molecule has 1 amide bonds. The molecule has 26 heavy (non-hydrogen) atoms. The van der Waals surface area contributed by atoms with Crippen molar-refractivity contribution in [3.63, 3.8) is 0 Å². The summed E-state index contributed by atoms with van der Waals surface area (Å²) in [6, 6.07) is 6.76. The molecule has 1 aliphatic carbocycles. The van der Waals surface area contributed by atoms with E-state index in [-0.39, 0.29) is 24.2 Å². The second kappa shape index (κ2) is 8.33. The molecule has 0 bridgehead atoms. The van der Waals surface area contributed by atoms with E-state index in [9.17, 15) is 13.2 Å². The zero-order chi connectivity index (χ0) is 18.6. The van der Waals surface area contributed by atoms with Gasteiger partial charge in [0.15, 0.2) is 0 Å². The van der Waals surface area contributed by atoms with Crippen molar-refractivity contribution in [2.45, 2.75) is 38.1 Å². The number of hydrogen-bond donors (Lipinski definition) is 2. The fourth-order valence-corrected chi connectivity index (χ4v) is 4.65. The maximum Gasteiger partial charge on any atom is 0.252 e. The van der Waals surface area contributed by atoms with Crippen molar-refractivity contribution in [1.29, 1.82) is 0 Å². The molecule has 6 nitrogen and oxygen atoms in total. The van der Waals surface area contributed by atoms with Crippen LogP contribution < -0.4 is 10.0 Å². The van der Waals surface area contributed by atoms with Crippen molar-refractivity contribution in [2.75, 3.05) is 12.3 Å². The lowest BCUT2D eigenvalue weighted by atomic mass is 9.96. The lowest BCUT2D eigenvalue weighted by Crippen LogP contribution is -2.40. The minimum absolute atomic E-state index is 0.0238. The Morgan fingerprint density at radius 3 is 2.73 bits per heavy atom. The molecule has 1 aromatic carbocycles. The second-order valence-corrected chi connectivity index (χ2v) is 8.86. The molecule has 0 aliphatic heterocycles. The Morgan fingerprint density at radius 1 is 1.19 bits per heavy atom. The number of benzene rings is 1. The third-order valence-electron chi connectivity index (χ3n) is 4.56. The van der Waals surface area contributed by atoms with Gasteiger partial charge in [0, 0.05) is 29.2 Å². The topological polar surface area (TPSA) is 88.2 Å². The SMILES string of the molecule is O=C(NCCS(=O)(=O)NC1CCCCC1)c1ccnc2ccc(Cl)cc12. The number of carbonyl (C=O) groups excluding carboxylic acids is 1. The Hall–Kier alpha value is -1.70. The second-order valence-electron chi connectivity index (χ2n) is 6.55. The number of aromatic nitrogens is 1. The van der Waals surface area contributed by atoms with Crippen LogP contribution in [-0.4, -0.2) is 37.6 Å². The van der Waals surface area contributed by atoms with Crippen LogP contribution in [0.4, 0.5) is 0 Å². The summed E-state index contributed by atoms with van der Waals surface area (Å²) in [5.74, 6) is -0.480. The first-order valence-corrected chi connectivity index (χ1v) is 10.8. The molecule has 2 aromatic rings. The highest BCUT2D eigenvalue weighted by Gasteiger charge is 2.20. The molecule has 0 unspecified atom stereocenters. The molecule has 0 spiro atoms. The number of nitrogens with one attached hydrogen (secondary N) is 2. The molecule has 1 aliphatic rings. The van der Waals surface area contributed by atoms with Gasteiger partial charge < -0.3 is 5.32 Å². The van der Waals surface area contributed by atoms with E-state index in [0.717, 1.165) is 32.1 Å². The summed E-state index contributed by atoms with van der Waals surface area (Å²) in [5.41, 5.74) is 1.09. The number of fused-ring (bicyclic) bond motifs is 1. The largest absolute Gasteiger partial charge is 0.351 e. The van der Waals surface area contributed by atoms with Crippen LogP contribution >= 0.6 is 11.6 Å². The van der Waals surface area contributed by atoms with E-state index in [4.69, 9.17) is 11.6 Å². The first kappa shape index (κ1) is 19.1. The Bertz CT molecular complexity index is 896. The van der Waals surface area contributed by atoms with Gasteiger partial charge in [-0.05, 0) is 37.1 Å². The van der Waals surface area contributed by atoms with Crippen molar-refractivity contribution in [2.24, 2.45) is 0 Å². The van der Waals surface area contributed by atoms with E-state index in [2.05, 4.69) is 15.0 Å². The molecular formula is C18H22ClN3O3S. The number of rotatable bonds is 6. The standard InChI is InChI=1S/C18H22ClN3O3S/c19-13-6-7-17-16(12-13)15(8-9-20-17)18(23)21-10-11-26(24,25)22-14-4-2-1-3-5-14/h6-9,12,14,22H,1-5,10-11H2,(H,21,23). The number of carbonyl (C=O) groups is 1. The molecule has 2 N–H and O–H groups in total. The van der Waals surface area contributed by atoms with E-state index in [1.807, 2.05) is 0 Å². The Labute approximate surface area is 158 Å². The molecule has 1 fully saturated rings. The van der Waals surface area contributed by atoms with E-state index < -0.39 is 10.0 Å². The van der Waals surface area contributed by atoms with Crippen LogP contribution in [0.5, 0.6) is 0 Å². The van der Waals surface area contributed by atoms with Gasteiger partial charge in [0.2, 0.25) is 10.0 Å². The summed E-state index contributed by atoms with van der Waals surface area (Å²) in [6.45, 7) is 0.0469. The zero-order valence-electron chi connectivity index (χ0n) is 14.4. The highest BCUT2D eigenvalue weighted by atomic mass is 35.5. The number of hydrogen-bond acceptors (Lipinski definition) is 4. The van der Waals surface area contributed by atoms with Gasteiger partial charge in [-0.15, -0.1) is 0 Å². The van der Waals surface area contributed by atoms with Crippen molar-refractivity contribution in [3.8, 4) is 0 Å². The predicted molar refractivity (Wildman–Crippen MR) is 103 cm³/mol. The monoisotopic (exact) mass is 395 g/mol. The van der Waals surface area contributed by atoms with E-state index in [1.165, 1.54) is 0 Å². The molecule has 1 heterocycles. The van der Waals surface area contributed by atoms with Crippen LogP contribution in [0.15, 0.2) is 30.5 Å². The predicted octanol–water partition coefficient (Wildman–Crippen LogP) is 2.87. The molecule has 1 aromatic heterocycles. The van der Waals surface area contributed by atoms with Gasteiger partial charge in [-0.2, -0.15) is 0 Å². The average Bonchev–Trinajstić information content (AvgIpc) is 2.61. The molecular weight excluding hydrogens is 374 g/mol. The van der Waals surface area contributed by atoms with Gasteiger partial charge in [-0.1, -0.05) is 30.9 Å². The van der Waals surface area contributed by atoms with E-state index >= 15 is 0 Å². The molecule has 8 heteroatoms. The van der Waals surface area contributed by atoms with Crippen LogP contribution in [0.3, 0.4) is 0 Å². The van der Waals surface area contributed by atoms with Gasteiger partial charge in [-0.3, -0.25) is 9.78 Å². The number of nitrogens with zero attached hydrogens (tertiary/aromatic N) is 1. The smallest absolute Gasteiger partial charge is 0.252 e. The third-order valence-corrected chi connectivity index (χ3v) is 6.23. The van der Waals surface area contributed by atoms with Gasteiger partial charge in [-0.25, -0.2) is 13.1 Å². The highest BCUT2D eigenvalue weighted by Crippen LogP contribution is 2.21. The molecule has 0 saturated heterocycles. The van der Waals surface area contributed by atoms with Crippen molar-refractivity contribution >= 4 is 38.4 Å². The average molecular weight is 396 g/mol. The Kier molecular flexibility index (Phi) is 6.11. The summed E-state index contributed by atoms with van der Waals surface area (Å²) in [4.78, 5) is 16.7. The summed E-state index contributed by atoms with van der Waals surface area (Å²) in [6.07, 6.45) is 6.60. The number of sulfonamides is 1. The van der Waals surface area contributed by atoms with Crippen LogP contribution in [0.1, 0.15) is 42.5 Å². The van der Waals surface area contributed by atoms with Crippen LogP contribution in [-0.2, 0) is 10.0 Å². The molecule has 0 atom stereocenters. The van der Waals surface area contributed by atoms with E-state index in [1.54, 1.807) is 30.5 Å². The van der Waals surface area contributed by atoms with Crippen LogP contribution in [0, 0.1) is 0 Å². The van der Waals surface area contributed by atoms with Crippen molar-refractivity contribution < 1.29 is 13.2 Å². The first-order chi connectivity index (χ1) is 12.4. The maximum atomic E-state index is 12.4. The quantitative estimate of drug-likeness (QED) is 0.787. The molecule has 0 radical (unpaired) electrons. The van der Waals surface area contributed by atoms with E-state index in [0.29, 0.717) is 21.5 Å². The van der Waals surface area contributed by atoms with Gasteiger partial charge in [0.05, 0.1) is 16.8 Å². The summed E-state index contributed by atoms with van der Waals surface area (Å²) < 4.78 is 27.1. The molecule has 1 saturated carbocycles. The first-order valence-electron chi connectivity index (χ1n) is 8.77. The van der Waals surface area contributed by atoms with Gasteiger partial charge in [0.1, 0.15) is 0 Å². The van der Waals surface area contributed by atoms with Crippen LogP contribution in [0.2, 0.25) is 5.02 Å². The maximum absolute atomic E-state index is 12.4. The molecule has 140 valence electrons. The summed E-state index contributed by atoms with van der Waals surface area (Å²) >= 11 is 6.01. The van der Waals surface area contributed by atoms with Gasteiger partial charge in [0.25, 0.3) is 5.91 Å².